The van der Waals surface area contributed by atoms with Crippen LogP contribution in [0.15, 0.2) is 45.1 Å². The van der Waals surface area contributed by atoms with E-state index in [0.29, 0.717) is 10.6 Å². The molecule has 2 aromatic rings. The zero-order valence-electron chi connectivity index (χ0n) is 11.3. The first-order chi connectivity index (χ1) is 9.80. The van der Waals surface area contributed by atoms with Gasteiger partial charge in [0.2, 0.25) is 10.0 Å². The van der Waals surface area contributed by atoms with Crippen molar-refractivity contribution in [3.05, 3.63) is 45.1 Å². The van der Waals surface area contributed by atoms with E-state index in [1.54, 1.807) is 24.3 Å². The van der Waals surface area contributed by atoms with Gasteiger partial charge in [0.25, 0.3) is 5.91 Å². The molecule has 0 bridgehead atoms. The molecular formula is C13H13BrN2O3S2. The molecule has 0 atom stereocenters. The Kier molecular flexibility index (Phi) is 4.82. The van der Waals surface area contributed by atoms with Gasteiger partial charge >= 0.3 is 0 Å². The zero-order valence-corrected chi connectivity index (χ0v) is 14.5. The van der Waals surface area contributed by atoms with E-state index < -0.39 is 10.0 Å². The molecule has 112 valence electrons. The lowest BCUT2D eigenvalue weighted by molar-refractivity contribution is 0.103. The number of hydrogen-bond acceptors (Lipinski definition) is 4. The summed E-state index contributed by atoms with van der Waals surface area (Å²) in [6, 6.07) is 9.58. The van der Waals surface area contributed by atoms with Crippen molar-refractivity contribution in [3.63, 3.8) is 0 Å². The molecule has 0 spiro atoms. The number of halogens is 1. The molecule has 0 unspecified atom stereocenters. The van der Waals surface area contributed by atoms with E-state index >= 15 is 0 Å². The predicted octanol–water partition coefficient (Wildman–Crippen LogP) is 3.01. The van der Waals surface area contributed by atoms with Crippen LogP contribution < -0.4 is 5.32 Å². The topological polar surface area (TPSA) is 66.5 Å². The summed E-state index contributed by atoms with van der Waals surface area (Å²) < 4.78 is 25.9. The van der Waals surface area contributed by atoms with E-state index in [0.717, 1.165) is 8.09 Å². The smallest absolute Gasteiger partial charge is 0.265 e. The highest BCUT2D eigenvalue weighted by Crippen LogP contribution is 2.23. The summed E-state index contributed by atoms with van der Waals surface area (Å²) in [7, 11) is -0.511. The number of anilines is 1. The van der Waals surface area contributed by atoms with Crippen LogP contribution in [0.25, 0.3) is 0 Å². The number of carbonyl (C=O) groups excluding carboxylic acids is 1. The summed E-state index contributed by atoms with van der Waals surface area (Å²) in [5.41, 5.74) is 0.544. The number of hydrogen-bond donors (Lipinski definition) is 1. The third kappa shape index (κ3) is 3.70. The van der Waals surface area contributed by atoms with Crippen LogP contribution in [0.4, 0.5) is 5.69 Å². The molecule has 8 heteroatoms. The van der Waals surface area contributed by atoms with Crippen LogP contribution >= 0.6 is 27.3 Å². The van der Waals surface area contributed by atoms with E-state index in [9.17, 15) is 13.2 Å². The van der Waals surface area contributed by atoms with Crippen molar-refractivity contribution in [2.75, 3.05) is 19.4 Å². The largest absolute Gasteiger partial charge is 0.321 e. The number of benzene rings is 1. The highest BCUT2D eigenvalue weighted by Gasteiger charge is 2.17. The number of nitrogens with one attached hydrogen (secondary N) is 1. The van der Waals surface area contributed by atoms with Gasteiger partial charge in [0, 0.05) is 19.8 Å². The maximum absolute atomic E-state index is 12.0. The normalized spacial score (nSPS) is 11.6. The Morgan fingerprint density at radius 3 is 2.24 bits per heavy atom. The Balaban J connectivity index is 2.15. The lowest BCUT2D eigenvalue weighted by Crippen LogP contribution is -2.22. The minimum absolute atomic E-state index is 0.185. The van der Waals surface area contributed by atoms with Crippen molar-refractivity contribution in [1.29, 1.82) is 0 Å². The quantitative estimate of drug-likeness (QED) is 0.874. The molecule has 0 saturated heterocycles. The Morgan fingerprint density at radius 1 is 1.14 bits per heavy atom. The number of nitrogens with zero attached hydrogens (tertiary/aromatic N) is 1. The van der Waals surface area contributed by atoms with E-state index in [1.807, 2.05) is 0 Å². The molecule has 0 aliphatic rings. The maximum atomic E-state index is 12.0. The van der Waals surface area contributed by atoms with Crippen molar-refractivity contribution in [2.24, 2.45) is 0 Å². The van der Waals surface area contributed by atoms with Crippen molar-refractivity contribution >= 4 is 48.9 Å². The lowest BCUT2D eigenvalue weighted by atomic mass is 10.3. The SMILES string of the molecule is CN(C)S(=O)(=O)c1ccc(NC(=O)c2ccc(Br)s2)cc1. The second-order valence-electron chi connectivity index (χ2n) is 4.37. The molecule has 1 heterocycles. The molecule has 0 aliphatic carbocycles. The molecule has 1 aromatic heterocycles. The van der Waals surface area contributed by atoms with Gasteiger partial charge in [-0.15, -0.1) is 11.3 Å². The van der Waals surface area contributed by atoms with Gasteiger partial charge in [0.1, 0.15) is 0 Å². The number of sulfonamides is 1. The van der Waals surface area contributed by atoms with Gasteiger partial charge in [0.05, 0.1) is 13.6 Å². The number of rotatable bonds is 4. The van der Waals surface area contributed by atoms with Gasteiger partial charge in [-0.3, -0.25) is 4.79 Å². The van der Waals surface area contributed by atoms with Gasteiger partial charge in [-0.1, -0.05) is 0 Å². The Hall–Kier alpha value is -1.22. The van der Waals surface area contributed by atoms with E-state index in [2.05, 4.69) is 21.2 Å². The van der Waals surface area contributed by atoms with Gasteiger partial charge < -0.3 is 5.32 Å². The van der Waals surface area contributed by atoms with Crippen molar-refractivity contribution < 1.29 is 13.2 Å². The second kappa shape index (κ2) is 6.27. The molecule has 5 nitrogen and oxygen atoms in total. The first-order valence-electron chi connectivity index (χ1n) is 5.90. The molecule has 21 heavy (non-hydrogen) atoms. The van der Waals surface area contributed by atoms with Crippen LogP contribution in [0.1, 0.15) is 9.67 Å². The fourth-order valence-electron chi connectivity index (χ4n) is 1.55. The summed E-state index contributed by atoms with van der Waals surface area (Å²) in [5.74, 6) is -0.228. The standard InChI is InChI=1S/C13H13BrN2O3S2/c1-16(2)21(18,19)10-5-3-9(4-6-10)15-13(17)11-7-8-12(14)20-11/h3-8H,1-2H3,(H,15,17). The van der Waals surface area contributed by atoms with Crippen molar-refractivity contribution in [1.82, 2.24) is 4.31 Å². The van der Waals surface area contributed by atoms with Crippen LogP contribution in [-0.4, -0.2) is 32.7 Å². The van der Waals surface area contributed by atoms with Crippen LogP contribution in [-0.2, 0) is 10.0 Å². The third-order valence-electron chi connectivity index (χ3n) is 2.69. The highest BCUT2D eigenvalue weighted by molar-refractivity contribution is 9.11. The fraction of sp³-hybridized carbons (Fsp3) is 0.154. The summed E-state index contributed by atoms with van der Waals surface area (Å²) in [6.45, 7) is 0. The Bertz CT molecular complexity index is 752. The number of thiophene rings is 1. The molecule has 2 rings (SSSR count). The van der Waals surface area contributed by atoms with Crippen LogP contribution in [0.5, 0.6) is 0 Å². The van der Waals surface area contributed by atoms with Crippen LogP contribution in [0, 0.1) is 0 Å². The summed E-state index contributed by atoms with van der Waals surface area (Å²) in [5, 5.41) is 2.72. The molecule has 0 fully saturated rings. The highest BCUT2D eigenvalue weighted by atomic mass is 79.9. The minimum atomic E-state index is -3.45. The molecule has 1 N–H and O–H groups in total. The van der Waals surface area contributed by atoms with Crippen LogP contribution in [0.2, 0.25) is 0 Å². The minimum Gasteiger partial charge on any atom is -0.321 e. The Morgan fingerprint density at radius 2 is 1.76 bits per heavy atom. The van der Waals surface area contributed by atoms with E-state index in [-0.39, 0.29) is 10.8 Å². The first kappa shape index (κ1) is 16.2. The zero-order chi connectivity index (χ0) is 15.6. The monoisotopic (exact) mass is 388 g/mol. The molecule has 0 aliphatic heterocycles. The van der Waals surface area contributed by atoms with Gasteiger partial charge in [0.15, 0.2) is 0 Å². The second-order valence-corrected chi connectivity index (χ2v) is 8.98. The van der Waals surface area contributed by atoms with Gasteiger partial charge in [-0.25, -0.2) is 12.7 Å². The van der Waals surface area contributed by atoms with Crippen molar-refractivity contribution in [2.45, 2.75) is 4.90 Å². The summed E-state index contributed by atoms with van der Waals surface area (Å²) >= 11 is 4.63. The van der Waals surface area contributed by atoms with Gasteiger partial charge in [-0.2, -0.15) is 0 Å². The molecular weight excluding hydrogens is 376 g/mol. The predicted molar refractivity (Wildman–Crippen MR) is 87.3 cm³/mol. The van der Waals surface area contributed by atoms with E-state index in [4.69, 9.17) is 0 Å². The number of amides is 1. The average Bonchev–Trinajstić information content (AvgIpc) is 2.86. The first-order valence-corrected chi connectivity index (χ1v) is 8.95. The molecule has 1 amide bonds. The third-order valence-corrected chi connectivity index (χ3v) is 6.14. The number of carbonyl (C=O) groups is 1. The lowest BCUT2D eigenvalue weighted by Gasteiger charge is -2.11. The molecule has 1 aromatic carbocycles. The Labute approximate surface area is 135 Å². The van der Waals surface area contributed by atoms with Crippen molar-refractivity contribution in [3.8, 4) is 0 Å². The molecule has 0 radical (unpaired) electrons. The summed E-state index contributed by atoms with van der Waals surface area (Å²) in [6.07, 6.45) is 0. The fourth-order valence-corrected chi connectivity index (χ4v) is 3.73. The molecule has 0 saturated carbocycles. The van der Waals surface area contributed by atoms with Gasteiger partial charge in [-0.05, 0) is 52.3 Å². The average molecular weight is 389 g/mol. The summed E-state index contributed by atoms with van der Waals surface area (Å²) in [4.78, 5) is 12.7. The maximum Gasteiger partial charge on any atom is 0.265 e. The van der Waals surface area contributed by atoms with Crippen LogP contribution in [0.3, 0.4) is 0 Å². The van der Waals surface area contributed by atoms with E-state index in [1.165, 1.54) is 37.6 Å².